The topological polar surface area (TPSA) is 51.8 Å². The maximum absolute atomic E-state index is 5.94. The Morgan fingerprint density at radius 1 is 1.38 bits per heavy atom. The zero-order valence-corrected chi connectivity index (χ0v) is 8.79. The number of aromatic nitrogens is 2. The predicted octanol–water partition coefficient (Wildman–Crippen LogP) is 1.62. The fourth-order valence-corrected chi connectivity index (χ4v) is 1.68. The van der Waals surface area contributed by atoms with E-state index < -0.39 is 0 Å². The van der Waals surface area contributed by atoms with Gasteiger partial charge in [-0.3, -0.25) is 0 Å². The first kappa shape index (κ1) is 10.5. The van der Waals surface area contributed by atoms with Crippen molar-refractivity contribution in [1.82, 2.24) is 9.97 Å². The molecule has 3 nitrogen and oxygen atoms in total. The zero-order chi connectivity index (χ0) is 9.68. The Morgan fingerprint density at radius 3 is 2.54 bits per heavy atom. The quantitative estimate of drug-likeness (QED) is 0.797. The molecule has 0 bridgehead atoms. The molecule has 1 unspecified atom stereocenters. The van der Waals surface area contributed by atoms with E-state index in [1.54, 1.807) is 12.4 Å². The summed E-state index contributed by atoms with van der Waals surface area (Å²) in [6.07, 6.45) is 5.07. The van der Waals surface area contributed by atoms with Gasteiger partial charge in [-0.25, -0.2) is 9.97 Å². The van der Waals surface area contributed by atoms with Crippen molar-refractivity contribution in [2.24, 2.45) is 5.73 Å². The Bertz CT molecular complexity index is 238. The molecule has 0 saturated carbocycles. The van der Waals surface area contributed by atoms with Gasteiger partial charge in [-0.2, -0.15) is 11.8 Å². The van der Waals surface area contributed by atoms with Crippen LogP contribution in [0.1, 0.15) is 25.5 Å². The second kappa shape index (κ2) is 5.19. The Labute approximate surface area is 83.2 Å². The number of hydrogen-bond acceptors (Lipinski definition) is 4. The van der Waals surface area contributed by atoms with Crippen LogP contribution < -0.4 is 5.73 Å². The summed E-state index contributed by atoms with van der Waals surface area (Å²) in [6.45, 7) is 4.33. The monoisotopic (exact) mass is 197 g/mol. The second-order valence-electron chi connectivity index (χ2n) is 3.16. The largest absolute Gasteiger partial charge is 0.323 e. The minimum atomic E-state index is 0.0496. The van der Waals surface area contributed by atoms with Crippen molar-refractivity contribution in [3.05, 3.63) is 24.3 Å². The molecule has 1 heterocycles. The smallest absolute Gasteiger partial charge is 0.115 e. The van der Waals surface area contributed by atoms with Crippen molar-refractivity contribution < 1.29 is 0 Å². The van der Waals surface area contributed by atoms with Gasteiger partial charge in [0, 0.05) is 29.8 Å². The summed E-state index contributed by atoms with van der Waals surface area (Å²) in [6, 6.07) is 0.0496. The maximum Gasteiger partial charge on any atom is 0.115 e. The number of nitrogens with two attached hydrogens (primary N) is 1. The van der Waals surface area contributed by atoms with Crippen LogP contribution in [0.15, 0.2) is 18.7 Å². The molecule has 0 spiro atoms. The van der Waals surface area contributed by atoms with Gasteiger partial charge >= 0.3 is 0 Å². The van der Waals surface area contributed by atoms with Crippen molar-refractivity contribution in [3.8, 4) is 0 Å². The Kier molecular flexibility index (Phi) is 4.18. The van der Waals surface area contributed by atoms with Crippen molar-refractivity contribution in [1.29, 1.82) is 0 Å². The highest BCUT2D eigenvalue weighted by Crippen LogP contribution is 2.17. The van der Waals surface area contributed by atoms with Gasteiger partial charge in [-0.1, -0.05) is 13.8 Å². The normalized spacial score (nSPS) is 13.2. The van der Waals surface area contributed by atoms with Crippen molar-refractivity contribution in [2.75, 3.05) is 5.75 Å². The zero-order valence-electron chi connectivity index (χ0n) is 7.97. The fraction of sp³-hybridized carbons (Fsp3) is 0.556. The van der Waals surface area contributed by atoms with Crippen LogP contribution in [-0.2, 0) is 0 Å². The SMILES string of the molecule is CC(C)SCC(N)c1cncnc1. The van der Waals surface area contributed by atoms with Crippen LogP contribution >= 0.6 is 11.8 Å². The highest BCUT2D eigenvalue weighted by atomic mass is 32.2. The first-order valence-corrected chi connectivity index (χ1v) is 5.37. The van der Waals surface area contributed by atoms with Crippen molar-refractivity contribution in [2.45, 2.75) is 25.1 Å². The van der Waals surface area contributed by atoms with Crippen LogP contribution in [0.2, 0.25) is 0 Å². The first-order valence-electron chi connectivity index (χ1n) is 4.32. The van der Waals surface area contributed by atoms with Gasteiger partial charge in [0.25, 0.3) is 0 Å². The molecule has 0 radical (unpaired) electrons. The van der Waals surface area contributed by atoms with Crippen LogP contribution in [-0.4, -0.2) is 21.0 Å². The summed E-state index contributed by atoms with van der Waals surface area (Å²) in [7, 11) is 0. The van der Waals surface area contributed by atoms with E-state index in [1.165, 1.54) is 6.33 Å². The fourth-order valence-electron chi connectivity index (χ4n) is 0.894. The lowest BCUT2D eigenvalue weighted by Gasteiger charge is -2.11. The molecule has 0 fully saturated rings. The lowest BCUT2D eigenvalue weighted by Crippen LogP contribution is -2.14. The molecule has 4 heteroatoms. The van der Waals surface area contributed by atoms with Gasteiger partial charge in [-0.15, -0.1) is 0 Å². The summed E-state index contributed by atoms with van der Waals surface area (Å²) >= 11 is 1.85. The molecule has 1 atom stereocenters. The van der Waals surface area contributed by atoms with E-state index in [0.29, 0.717) is 5.25 Å². The summed E-state index contributed by atoms with van der Waals surface area (Å²) in [5, 5.41) is 0.621. The van der Waals surface area contributed by atoms with Crippen LogP contribution in [0.4, 0.5) is 0 Å². The molecule has 13 heavy (non-hydrogen) atoms. The maximum atomic E-state index is 5.94. The van der Waals surface area contributed by atoms with Crippen LogP contribution in [0, 0.1) is 0 Å². The third-order valence-corrected chi connectivity index (χ3v) is 2.84. The standard InChI is InChI=1S/C9H15N3S/c1-7(2)13-5-9(10)8-3-11-6-12-4-8/h3-4,6-7,9H,5,10H2,1-2H3. The van der Waals surface area contributed by atoms with Crippen LogP contribution in [0.25, 0.3) is 0 Å². The molecule has 0 aliphatic rings. The van der Waals surface area contributed by atoms with E-state index in [2.05, 4.69) is 23.8 Å². The Hall–Kier alpha value is -0.610. The number of rotatable bonds is 4. The van der Waals surface area contributed by atoms with Gasteiger partial charge in [0.2, 0.25) is 0 Å². The molecule has 0 aliphatic heterocycles. The lowest BCUT2D eigenvalue weighted by atomic mass is 10.2. The Morgan fingerprint density at radius 2 is 2.00 bits per heavy atom. The van der Waals surface area contributed by atoms with E-state index >= 15 is 0 Å². The number of thioether (sulfide) groups is 1. The summed E-state index contributed by atoms with van der Waals surface area (Å²) in [5.41, 5.74) is 6.95. The lowest BCUT2D eigenvalue weighted by molar-refractivity contribution is 0.811. The third kappa shape index (κ3) is 3.74. The van der Waals surface area contributed by atoms with E-state index in [9.17, 15) is 0 Å². The molecule has 0 amide bonds. The van der Waals surface area contributed by atoms with Crippen molar-refractivity contribution >= 4 is 11.8 Å². The molecule has 0 aromatic carbocycles. The average molecular weight is 197 g/mol. The first-order chi connectivity index (χ1) is 6.20. The summed E-state index contributed by atoms with van der Waals surface area (Å²) in [4.78, 5) is 7.86. The molecule has 1 aromatic heterocycles. The van der Waals surface area contributed by atoms with E-state index in [4.69, 9.17) is 5.73 Å². The van der Waals surface area contributed by atoms with Gasteiger partial charge in [-0.05, 0) is 5.25 Å². The van der Waals surface area contributed by atoms with Gasteiger partial charge in [0.15, 0.2) is 0 Å². The van der Waals surface area contributed by atoms with Crippen LogP contribution in [0.5, 0.6) is 0 Å². The second-order valence-corrected chi connectivity index (χ2v) is 4.77. The third-order valence-electron chi connectivity index (χ3n) is 1.62. The molecule has 72 valence electrons. The van der Waals surface area contributed by atoms with Crippen molar-refractivity contribution in [3.63, 3.8) is 0 Å². The molecule has 0 aliphatic carbocycles. The van der Waals surface area contributed by atoms with Gasteiger partial charge in [0.05, 0.1) is 0 Å². The summed E-state index contributed by atoms with van der Waals surface area (Å²) in [5.74, 6) is 0.922. The minimum absolute atomic E-state index is 0.0496. The molecule has 1 rings (SSSR count). The Balaban J connectivity index is 2.44. The molecule has 2 N–H and O–H groups in total. The molecule has 1 aromatic rings. The van der Waals surface area contributed by atoms with Gasteiger partial charge < -0.3 is 5.73 Å². The number of hydrogen-bond donors (Lipinski definition) is 1. The predicted molar refractivity (Wildman–Crippen MR) is 56.6 cm³/mol. The highest BCUT2D eigenvalue weighted by molar-refractivity contribution is 7.99. The highest BCUT2D eigenvalue weighted by Gasteiger charge is 2.06. The van der Waals surface area contributed by atoms with E-state index in [0.717, 1.165) is 11.3 Å². The molecule has 0 saturated heterocycles. The van der Waals surface area contributed by atoms with Gasteiger partial charge in [0.1, 0.15) is 6.33 Å². The summed E-state index contributed by atoms with van der Waals surface area (Å²) < 4.78 is 0. The van der Waals surface area contributed by atoms with E-state index in [1.807, 2.05) is 11.8 Å². The molecular formula is C9H15N3S. The van der Waals surface area contributed by atoms with Crippen LogP contribution in [0.3, 0.4) is 0 Å². The molecular weight excluding hydrogens is 182 g/mol. The minimum Gasteiger partial charge on any atom is -0.323 e. The number of nitrogens with zero attached hydrogens (tertiary/aromatic N) is 2. The average Bonchev–Trinajstić information content (AvgIpc) is 2.15. The van der Waals surface area contributed by atoms with E-state index in [-0.39, 0.29) is 6.04 Å².